The van der Waals surface area contributed by atoms with Gasteiger partial charge in [-0.1, -0.05) is 48.5 Å². The van der Waals surface area contributed by atoms with Crippen molar-refractivity contribution in [3.8, 4) is 11.1 Å². The van der Waals surface area contributed by atoms with Crippen molar-refractivity contribution in [3.05, 3.63) is 96.2 Å². The van der Waals surface area contributed by atoms with Crippen LogP contribution < -0.4 is 4.57 Å². The third-order valence-electron chi connectivity index (χ3n) is 7.30. The van der Waals surface area contributed by atoms with E-state index in [2.05, 4.69) is 115 Å². The Balaban J connectivity index is 1.81. The van der Waals surface area contributed by atoms with Gasteiger partial charge in [-0.2, -0.15) is 0 Å². The van der Waals surface area contributed by atoms with Gasteiger partial charge in [-0.25, -0.2) is 4.57 Å². The molecule has 0 atom stereocenters. The van der Waals surface area contributed by atoms with E-state index in [4.69, 9.17) is 0 Å². The van der Waals surface area contributed by atoms with E-state index in [0.29, 0.717) is 0 Å². The third kappa shape index (κ3) is 2.12. The molecule has 0 amide bonds. The standard InChI is InChI=1S/C30H23N2/c1-18-16-24-23-17-22(20-8-5-4-6-9-20)12-13-25(23)32-26-11-7-10-21-14-15-31(3)30(28(21)26)27(19(18)2)29(24)32/h4-17H,1-3H3/q+1. The van der Waals surface area contributed by atoms with Gasteiger partial charge in [0.25, 0.3) is 0 Å². The van der Waals surface area contributed by atoms with Crippen LogP contribution in [0.25, 0.3) is 60.1 Å². The summed E-state index contributed by atoms with van der Waals surface area (Å²) in [4.78, 5) is 0. The zero-order chi connectivity index (χ0) is 21.6. The molecule has 0 bridgehead atoms. The molecule has 0 radical (unpaired) electrons. The third-order valence-corrected chi connectivity index (χ3v) is 7.30. The molecule has 0 aliphatic rings. The zero-order valence-electron chi connectivity index (χ0n) is 18.5. The Morgan fingerprint density at radius 1 is 0.688 bits per heavy atom. The number of aryl methyl sites for hydroxylation is 3. The number of pyridine rings is 2. The highest BCUT2D eigenvalue weighted by Crippen LogP contribution is 2.42. The molecule has 3 heterocycles. The van der Waals surface area contributed by atoms with Crippen molar-refractivity contribution in [1.29, 1.82) is 0 Å². The summed E-state index contributed by atoms with van der Waals surface area (Å²) in [6.45, 7) is 4.52. The quantitative estimate of drug-likeness (QED) is 0.155. The lowest BCUT2D eigenvalue weighted by molar-refractivity contribution is -0.643. The summed E-state index contributed by atoms with van der Waals surface area (Å²) >= 11 is 0. The summed E-state index contributed by atoms with van der Waals surface area (Å²) in [6.07, 6.45) is 2.20. The number of hydrogen-bond donors (Lipinski definition) is 0. The van der Waals surface area contributed by atoms with Crippen molar-refractivity contribution in [1.82, 2.24) is 4.40 Å². The molecule has 32 heavy (non-hydrogen) atoms. The molecule has 0 saturated carbocycles. The maximum atomic E-state index is 2.50. The van der Waals surface area contributed by atoms with Crippen LogP contribution in [0.2, 0.25) is 0 Å². The SMILES string of the molecule is Cc1cc2c3cc(-c4ccccc4)ccc3n3c4cccc5cc[n+](C)c(c(c1C)c23)c54. The zero-order valence-corrected chi connectivity index (χ0v) is 18.5. The normalized spacial score (nSPS) is 12.2. The van der Waals surface area contributed by atoms with E-state index < -0.39 is 0 Å². The van der Waals surface area contributed by atoms with Crippen LogP contribution in [0.1, 0.15) is 11.1 Å². The molecule has 0 fully saturated rings. The highest BCUT2D eigenvalue weighted by molar-refractivity contribution is 6.26. The molecule has 4 aromatic carbocycles. The second-order valence-corrected chi connectivity index (χ2v) is 9.04. The monoisotopic (exact) mass is 411 g/mol. The van der Waals surface area contributed by atoms with Crippen molar-refractivity contribution < 1.29 is 4.57 Å². The highest BCUT2D eigenvalue weighted by atomic mass is 15.0. The molecular formula is C30H23N2+. The Hall–Kier alpha value is -3.91. The van der Waals surface area contributed by atoms with Gasteiger partial charge in [0.2, 0.25) is 5.52 Å². The van der Waals surface area contributed by atoms with E-state index in [9.17, 15) is 0 Å². The summed E-state index contributed by atoms with van der Waals surface area (Å²) in [5.74, 6) is 0. The van der Waals surface area contributed by atoms with E-state index in [1.54, 1.807) is 0 Å². The summed E-state index contributed by atoms with van der Waals surface area (Å²) in [7, 11) is 2.17. The number of nitrogens with zero attached hydrogens (tertiary/aromatic N) is 2. The smallest absolute Gasteiger partial charge is 0.224 e. The minimum Gasteiger partial charge on any atom is -0.307 e. The molecule has 0 N–H and O–H groups in total. The second kappa shape index (κ2) is 6.08. The summed E-state index contributed by atoms with van der Waals surface area (Å²) < 4.78 is 4.79. The lowest BCUT2D eigenvalue weighted by Gasteiger charge is -2.13. The van der Waals surface area contributed by atoms with Crippen LogP contribution in [-0.2, 0) is 7.05 Å². The van der Waals surface area contributed by atoms with Gasteiger partial charge in [0, 0.05) is 16.8 Å². The molecule has 2 nitrogen and oxygen atoms in total. The molecule has 7 rings (SSSR count). The van der Waals surface area contributed by atoms with Gasteiger partial charge in [0.15, 0.2) is 6.20 Å². The Bertz CT molecular complexity index is 1840. The first-order valence-corrected chi connectivity index (χ1v) is 11.2. The van der Waals surface area contributed by atoms with Gasteiger partial charge in [0.05, 0.1) is 27.3 Å². The lowest BCUT2D eigenvalue weighted by Crippen LogP contribution is -2.29. The first kappa shape index (κ1) is 17.7. The second-order valence-electron chi connectivity index (χ2n) is 9.04. The minimum atomic E-state index is 1.26. The number of hydrogen-bond acceptors (Lipinski definition) is 0. The van der Waals surface area contributed by atoms with Crippen molar-refractivity contribution in [2.24, 2.45) is 7.05 Å². The van der Waals surface area contributed by atoms with Gasteiger partial charge in [-0.15, -0.1) is 0 Å². The van der Waals surface area contributed by atoms with Crippen molar-refractivity contribution in [2.45, 2.75) is 13.8 Å². The van der Waals surface area contributed by atoms with Crippen LogP contribution in [-0.4, -0.2) is 4.40 Å². The summed E-state index contributed by atoms with van der Waals surface area (Å²) in [5, 5.41) is 6.65. The number of rotatable bonds is 1. The first-order valence-electron chi connectivity index (χ1n) is 11.2. The van der Waals surface area contributed by atoms with Crippen LogP contribution in [0.4, 0.5) is 0 Å². The Morgan fingerprint density at radius 2 is 1.53 bits per heavy atom. The Kier molecular flexibility index (Phi) is 3.37. The van der Waals surface area contributed by atoms with Crippen molar-refractivity contribution in [3.63, 3.8) is 0 Å². The van der Waals surface area contributed by atoms with Crippen LogP contribution in [0.3, 0.4) is 0 Å². The van der Waals surface area contributed by atoms with Gasteiger partial charge in [-0.05, 0) is 65.8 Å². The topological polar surface area (TPSA) is 8.29 Å². The number of benzene rings is 4. The fraction of sp³-hybridized carbons (Fsp3) is 0.100. The molecule has 7 aromatic rings. The van der Waals surface area contributed by atoms with Gasteiger partial charge in [-0.3, -0.25) is 0 Å². The number of aromatic nitrogens is 2. The molecule has 0 unspecified atom stereocenters. The fourth-order valence-electron chi connectivity index (χ4n) is 5.64. The average Bonchev–Trinajstić information content (AvgIpc) is 3.14. The summed E-state index contributed by atoms with van der Waals surface area (Å²) in [5.41, 5.74) is 10.4. The molecule has 0 aliphatic heterocycles. The van der Waals surface area contributed by atoms with E-state index >= 15 is 0 Å². The van der Waals surface area contributed by atoms with Crippen molar-refractivity contribution in [2.75, 3.05) is 0 Å². The largest absolute Gasteiger partial charge is 0.307 e. The van der Waals surface area contributed by atoms with Crippen LogP contribution in [0.5, 0.6) is 0 Å². The van der Waals surface area contributed by atoms with E-state index in [1.807, 2.05) is 0 Å². The van der Waals surface area contributed by atoms with Crippen LogP contribution >= 0.6 is 0 Å². The van der Waals surface area contributed by atoms with Gasteiger partial charge >= 0.3 is 0 Å². The van der Waals surface area contributed by atoms with E-state index in [-0.39, 0.29) is 0 Å². The molecule has 0 spiro atoms. The maximum Gasteiger partial charge on any atom is 0.224 e. The van der Waals surface area contributed by atoms with Gasteiger partial charge in [0.1, 0.15) is 7.05 Å². The average molecular weight is 412 g/mol. The Labute approximate surface area is 186 Å². The van der Waals surface area contributed by atoms with Crippen LogP contribution in [0, 0.1) is 13.8 Å². The molecule has 0 saturated heterocycles. The molecule has 0 aliphatic carbocycles. The van der Waals surface area contributed by atoms with E-state index in [1.165, 1.54) is 71.3 Å². The predicted molar refractivity (Wildman–Crippen MR) is 135 cm³/mol. The molecular weight excluding hydrogens is 388 g/mol. The van der Waals surface area contributed by atoms with Crippen LogP contribution in [0.15, 0.2) is 85.1 Å². The highest BCUT2D eigenvalue weighted by Gasteiger charge is 2.24. The minimum absolute atomic E-state index is 1.26. The summed E-state index contributed by atoms with van der Waals surface area (Å²) in [6, 6.07) is 28.9. The van der Waals surface area contributed by atoms with Gasteiger partial charge < -0.3 is 4.40 Å². The van der Waals surface area contributed by atoms with E-state index in [0.717, 1.165) is 0 Å². The molecule has 152 valence electrons. The molecule has 2 heteroatoms. The number of fused-ring (bicyclic) bond motifs is 5. The Morgan fingerprint density at radius 3 is 2.38 bits per heavy atom. The predicted octanol–water partition coefficient (Wildman–Crippen LogP) is 7.10. The molecule has 3 aromatic heterocycles. The lowest BCUT2D eigenvalue weighted by atomic mass is 9.96. The maximum absolute atomic E-state index is 2.50. The van der Waals surface area contributed by atoms with Crippen molar-refractivity contribution >= 4 is 49.0 Å². The fourth-order valence-corrected chi connectivity index (χ4v) is 5.64. The first-order chi connectivity index (χ1) is 15.6.